The fraction of sp³-hybridized carbons (Fsp3) is 0.211. The summed E-state index contributed by atoms with van der Waals surface area (Å²) >= 11 is 0. The lowest BCUT2D eigenvalue weighted by atomic mass is 10.00. The number of nitro groups is 1. The Bertz CT molecular complexity index is 939. The fourth-order valence-corrected chi connectivity index (χ4v) is 3.16. The highest BCUT2D eigenvalue weighted by Gasteiger charge is 2.32. The fourth-order valence-electron chi connectivity index (χ4n) is 3.16. The van der Waals surface area contributed by atoms with Gasteiger partial charge in [-0.3, -0.25) is 10.1 Å². The van der Waals surface area contributed by atoms with Gasteiger partial charge in [0, 0.05) is 22.1 Å². The number of benzene rings is 2. The molecule has 1 aliphatic rings. The molecule has 0 unspecified atom stereocenters. The molecule has 4 rings (SSSR count). The highest BCUT2D eigenvalue weighted by atomic mass is 19.1. The van der Waals surface area contributed by atoms with Crippen molar-refractivity contribution in [1.29, 1.82) is 0 Å². The van der Waals surface area contributed by atoms with Gasteiger partial charge in [0.25, 0.3) is 5.69 Å². The van der Waals surface area contributed by atoms with E-state index in [-0.39, 0.29) is 22.3 Å². The van der Waals surface area contributed by atoms with Crippen LogP contribution in [0, 0.1) is 22.9 Å². The smallest absolute Gasteiger partial charge is 0.276 e. The van der Waals surface area contributed by atoms with Gasteiger partial charge in [0.1, 0.15) is 17.2 Å². The van der Waals surface area contributed by atoms with Crippen molar-refractivity contribution in [1.82, 2.24) is 0 Å². The van der Waals surface area contributed by atoms with E-state index in [9.17, 15) is 14.5 Å². The van der Waals surface area contributed by atoms with Crippen LogP contribution in [-0.4, -0.2) is 4.92 Å². The summed E-state index contributed by atoms with van der Waals surface area (Å²) in [4.78, 5) is 11.0. The average molecular weight is 324 g/mol. The molecule has 1 heterocycles. The minimum atomic E-state index is -0.350. The molecule has 3 aromatic rings. The molecule has 1 saturated carbocycles. The first-order valence-electron chi connectivity index (χ1n) is 7.87. The number of hydrogen-bond acceptors (Lipinski definition) is 3. The lowest BCUT2D eigenvalue weighted by Crippen LogP contribution is -1.94. The molecule has 0 spiro atoms. The number of nitrogens with zero attached hydrogens (tertiary/aromatic N) is 1. The summed E-state index contributed by atoms with van der Waals surface area (Å²) in [5, 5.41) is 12.2. The molecule has 24 heavy (non-hydrogen) atoms. The number of fused-ring (bicyclic) bond motifs is 1. The van der Waals surface area contributed by atoms with Crippen LogP contribution >= 0.6 is 0 Å². The summed E-state index contributed by atoms with van der Waals surface area (Å²) in [5.41, 5.74) is 2.99. The molecular formula is C19H15FNO3. The molecule has 0 bridgehead atoms. The van der Waals surface area contributed by atoms with E-state index in [4.69, 9.17) is 4.42 Å². The molecular weight excluding hydrogens is 309 g/mol. The van der Waals surface area contributed by atoms with Crippen LogP contribution in [0.2, 0.25) is 0 Å². The molecule has 0 saturated heterocycles. The number of nitro benzene ring substituents is 1. The number of furan rings is 1. The Morgan fingerprint density at radius 1 is 1.25 bits per heavy atom. The average Bonchev–Trinajstić information content (AvgIpc) is 3.35. The molecule has 1 aliphatic carbocycles. The standard InChI is InChI=1S/C19H15FNO3/c1-2-14-16-9-15(11-3-4-11)17(21(22)23)10-18(16)24-19(14)12-5-7-13(20)8-6-12/h5-11H,1-4H2. The summed E-state index contributed by atoms with van der Waals surface area (Å²) in [7, 11) is 0. The first-order valence-corrected chi connectivity index (χ1v) is 7.87. The summed E-state index contributed by atoms with van der Waals surface area (Å²) < 4.78 is 19.1. The molecule has 121 valence electrons. The van der Waals surface area contributed by atoms with Crippen molar-refractivity contribution in [2.24, 2.45) is 0 Å². The van der Waals surface area contributed by atoms with Gasteiger partial charge in [-0.25, -0.2) is 4.39 Å². The zero-order valence-corrected chi connectivity index (χ0v) is 12.9. The van der Waals surface area contributed by atoms with E-state index in [2.05, 4.69) is 6.92 Å². The van der Waals surface area contributed by atoms with Crippen molar-refractivity contribution in [3.63, 3.8) is 0 Å². The van der Waals surface area contributed by atoms with E-state index < -0.39 is 0 Å². The van der Waals surface area contributed by atoms with Gasteiger partial charge in [-0.05, 0) is 62.4 Å². The molecule has 1 fully saturated rings. The molecule has 0 N–H and O–H groups in total. The number of rotatable bonds is 4. The molecule has 1 aromatic heterocycles. The van der Waals surface area contributed by atoms with Gasteiger partial charge in [0.05, 0.1) is 11.0 Å². The minimum Gasteiger partial charge on any atom is -0.456 e. The van der Waals surface area contributed by atoms with Crippen molar-refractivity contribution in [3.8, 4) is 11.3 Å². The Labute approximate surface area is 138 Å². The third kappa shape index (κ3) is 2.37. The zero-order valence-electron chi connectivity index (χ0n) is 12.9. The summed E-state index contributed by atoms with van der Waals surface area (Å²) in [5.74, 6) is 0.538. The van der Waals surface area contributed by atoms with E-state index >= 15 is 0 Å². The first kappa shape index (κ1) is 14.9. The predicted molar refractivity (Wildman–Crippen MR) is 89.3 cm³/mol. The largest absolute Gasteiger partial charge is 0.456 e. The van der Waals surface area contributed by atoms with Crippen molar-refractivity contribution in [2.45, 2.75) is 25.2 Å². The third-order valence-electron chi connectivity index (χ3n) is 4.51. The molecule has 5 heteroatoms. The van der Waals surface area contributed by atoms with Crippen LogP contribution in [0.3, 0.4) is 0 Å². The predicted octanol–water partition coefficient (Wildman–Crippen LogP) is 5.40. The highest BCUT2D eigenvalue weighted by molar-refractivity contribution is 5.90. The third-order valence-corrected chi connectivity index (χ3v) is 4.51. The molecule has 4 nitrogen and oxygen atoms in total. The normalized spacial score (nSPS) is 14.2. The van der Waals surface area contributed by atoms with Crippen LogP contribution in [0.1, 0.15) is 29.9 Å². The Balaban J connectivity index is 1.96. The quantitative estimate of drug-likeness (QED) is 0.477. The lowest BCUT2D eigenvalue weighted by molar-refractivity contribution is -0.385. The van der Waals surface area contributed by atoms with Gasteiger partial charge in [0.2, 0.25) is 0 Å². The van der Waals surface area contributed by atoms with E-state index in [0.717, 1.165) is 34.9 Å². The topological polar surface area (TPSA) is 56.3 Å². The molecule has 0 atom stereocenters. The van der Waals surface area contributed by atoms with Gasteiger partial charge in [-0.1, -0.05) is 0 Å². The lowest BCUT2D eigenvalue weighted by Gasteiger charge is -2.02. The molecule has 0 aliphatic heterocycles. The molecule has 2 aromatic carbocycles. The van der Waals surface area contributed by atoms with Crippen molar-refractivity contribution in [2.75, 3.05) is 0 Å². The van der Waals surface area contributed by atoms with Crippen LogP contribution in [0.25, 0.3) is 22.3 Å². The maximum atomic E-state index is 13.2. The van der Waals surface area contributed by atoms with Crippen LogP contribution in [-0.2, 0) is 6.42 Å². The van der Waals surface area contributed by atoms with Gasteiger partial charge in [-0.2, -0.15) is 0 Å². The van der Waals surface area contributed by atoms with Gasteiger partial charge < -0.3 is 4.42 Å². The summed E-state index contributed by atoms with van der Waals surface area (Å²) in [6.07, 6.45) is 2.45. The molecule has 0 amide bonds. The summed E-state index contributed by atoms with van der Waals surface area (Å²) in [6, 6.07) is 9.41. The zero-order chi connectivity index (χ0) is 16.8. The summed E-state index contributed by atoms with van der Waals surface area (Å²) in [6.45, 7) is 3.96. The van der Waals surface area contributed by atoms with Crippen LogP contribution in [0.5, 0.6) is 0 Å². The first-order chi connectivity index (χ1) is 11.6. The number of hydrogen-bond donors (Lipinski definition) is 0. The number of halogens is 1. The van der Waals surface area contributed by atoms with Gasteiger partial charge in [0.15, 0.2) is 0 Å². The monoisotopic (exact) mass is 324 g/mol. The second-order valence-electron chi connectivity index (χ2n) is 6.11. The van der Waals surface area contributed by atoms with Gasteiger partial charge in [-0.15, -0.1) is 0 Å². The van der Waals surface area contributed by atoms with E-state index in [0.29, 0.717) is 17.8 Å². The molecule has 1 radical (unpaired) electrons. The van der Waals surface area contributed by atoms with E-state index in [1.165, 1.54) is 18.2 Å². The second-order valence-corrected chi connectivity index (χ2v) is 6.11. The Morgan fingerprint density at radius 2 is 1.96 bits per heavy atom. The van der Waals surface area contributed by atoms with Crippen LogP contribution in [0.15, 0.2) is 40.8 Å². The second kappa shape index (κ2) is 5.44. The Kier molecular flexibility index (Phi) is 3.37. The van der Waals surface area contributed by atoms with Crippen molar-refractivity contribution >= 4 is 16.7 Å². The van der Waals surface area contributed by atoms with Gasteiger partial charge >= 0.3 is 0 Å². The Hall–Kier alpha value is -2.69. The van der Waals surface area contributed by atoms with Crippen molar-refractivity contribution in [3.05, 3.63) is 70.4 Å². The van der Waals surface area contributed by atoms with Crippen molar-refractivity contribution < 1.29 is 13.7 Å². The highest BCUT2D eigenvalue weighted by Crippen LogP contribution is 2.47. The van der Waals surface area contributed by atoms with Crippen LogP contribution < -0.4 is 0 Å². The van der Waals surface area contributed by atoms with E-state index in [1.807, 2.05) is 6.07 Å². The Morgan fingerprint density at radius 3 is 2.54 bits per heavy atom. The van der Waals surface area contributed by atoms with E-state index in [1.54, 1.807) is 12.1 Å². The minimum absolute atomic E-state index is 0.111. The SMILES string of the molecule is [CH2]Cc1c(-c2ccc(F)cc2)oc2cc([N+](=O)[O-])c(C3CC3)cc12. The maximum absolute atomic E-state index is 13.2. The maximum Gasteiger partial charge on any atom is 0.276 e. The van der Waals surface area contributed by atoms with Crippen LogP contribution in [0.4, 0.5) is 10.1 Å².